The Bertz CT molecular complexity index is 578. The Morgan fingerprint density at radius 1 is 1.22 bits per heavy atom. The van der Waals surface area contributed by atoms with Gasteiger partial charge in [0, 0.05) is 20.7 Å². The van der Waals surface area contributed by atoms with Gasteiger partial charge in [0.25, 0.3) is 5.91 Å². The fourth-order valence-corrected chi connectivity index (χ4v) is 2.47. The van der Waals surface area contributed by atoms with Crippen molar-refractivity contribution in [2.75, 3.05) is 5.32 Å². The highest BCUT2D eigenvalue weighted by Gasteiger charge is 2.08. The summed E-state index contributed by atoms with van der Waals surface area (Å²) in [4.78, 5) is 12.0. The smallest absolute Gasteiger partial charge is 0.255 e. The third kappa shape index (κ3) is 3.34. The fourth-order valence-electron chi connectivity index (χ4n) is 1.61. The van der Waals surface area contributed by atoms with E-state index in [1.807, 2.05) is 31.2 Å². The van der Waals surface area contributed by atoms with Crippen molar-refractivity contribution in [2.45, 2.75) is 6.92 Å². The monoisotopic (exact) mass is 323 g/mol. The van der Waals surface area contributed by atoms with Gasteiger partial charge < -0.3 is 5.32 Å². The Labute approximate surface area is 119 Å². The molecule has 0 radical (unpaired) electrons. The summed E-state index contributed by atoms with van der Waals surface area (Å²) in [7, 11) is 0. The summed E-state index contributed by atoms with van der Waals surface area (Å²) < 4.78 is 0.782. The average molecular weight is 325 g/mol. The van der Waals surface area contributed by atoms with Gasteiger partial charge in [-0.25, -0.2) is 0 Å². The number of hydrogen-bond acceptors (Lipinski definition) is 1. The second-order valence-corrected chi connectivity index (χ2v) is 5.33. The summed E-state index contributed by atoms with van der Waals surface area (Å²) in [6.45, 7) is 1.98. The molecular formula is C14H11BrClNO. The SMILES string of the molecule is Cc1cccc(NC(=O)c2cc(Cl)cc(Br)c2)c1. The zero-order valence-electron chi connectivity index (χ0n) is 9.71. The minimum atomic E-state index is -0.177. The van der Waals surface area contributed by atoms with E-state index in [2.05, 4.69) is 21.2 Å². The van der Waals surface area contributed by atoms with Gasteiger partial charge in [-0.2, -0.15) is 0 Å². The highest BCUT2D eigenvalue weighted by atomic mass is 79.9. The summed E-state index contributed by atoms with van der Waals surface area (Å²) in [5.74, 6) is -0.177. The van der Waals surface area contributed by atoms with Crippen LogP contribution in [0.3, 0.4) is 0 Å². The van der Waals surface area contributed by atoms with Crippen molar-refractivity contribution in [3.63, 3.8) is 0 Å². The van der Waals surface area contributed by atoms with Crippen LogP contribution in [0.1, 0.15) is 15.9 Å². The summed E-state index contributed by atoms with van der Waals surface area (Å²) >= 11 is 9.23. The molecule has 4 heteroatoms. The first kappa shape index (κ1) is 13.1. The Morgan fingerprint density at radius 2 is 2.00 bits per heavy atom. The molecule has 0 saturated carbocycles. The van der Waals surface area contributed by atoms with Gasteiger partial charge in [0.05, 0.1) is 0 Å². The zero-order chi connectivity index (χ0) is 13.1. The van der Waals surface area contributed by atoms with Crippen LogP contribution in [0.25, 0.3) is 0 Å². The van der Waals surface area contributed by atoms with Crippen LogP contribution in [0.5, 0.6) is 0 Å². The van der Waals surface area contributed by atoms with Crippen molar-refractivity contribution in [2.24, 2.45) is 0 Å². The maximum Gasteiger partial charge on any atom is 0.255 e. The van der Waals surface area contributed by atoms with Gasteiger partial charge in [-0.05, 0) is 42.8 Å². The second-order valence-electron chi connectivity index (χ2n) is 3.98. The molecule has 2 rings (SSSR count). The van der Waals surface area contributed by atoms with Crippen molar-refractivity contribution >= 4 is 39.1 Å². The van der Waals surface area contributed by atoms with Crippen LogP contribution in [0.2, 0.25) is 5.02 Å². The summed E-state index contributed by atoms with van der Waals surface area (Å²) in [6, 6.07) is 12.8. The molecule has 0 bridgehead atoms. The molecule has 0 aliphatic rings. The molecule has 0 aromatic heterocycles. The van der Waals surface area contributed by atoms with Crippen molar-refractivity contribution in [1.29, 1.82) is 0 Å². The number of nitrogens with one attached hydrogen (secondary N) is 1. The van der Waals surface area contributed by atoms with Crippen LogP contribution in [0.15, 0.2) is 46.9 Å². The number of amides is 1. The van der Waals surface area contributed by atoms with Gasteiger partial charge in [-0.15, -0.1) is 0 Å². The molecule has 2 aromatic carbocycles. The number of rotatable bonds is 2. The normalized spacial score (nSPS) is 10.2. The predicted octanol–water partition coefficient (Wildman–Crippen LogP) is 4.66. The quantitative estimate of drug-likeness (QED) is 0.855. The second kappa shape index (κ2) is 5.55. The number of carbonyl (C=O) groups is 1. The van der Waals surface area contributed by atoms with Crippen LogP contribution in [0, 0.1) is 6.92 Å². The van der Waals surface area contributed by atoms with Crippen LogP contribution >= 0.6 is 27.5 Å². The summed E-state index contributed by atoms with van der Waals surface area (Å²) in [5.41, 5.74) is 2.40. The molecule has 0 heterocycles. The number of carbonyl (C=O) groups excluding carboxylic acids is 1. The molecule has 0 saturated heterocycles. The van der Waals surface area contributed by atoms with Gasteiger partial charge in [-0.3, -0.25) is 4.79 Å². The average Bonchev–Trinajstić information content (AvgIpc) is 2.27. The summed E-state index contributed by atoms with van der Waals surface area (Å²) in [5, 5.41) is 3.36. The molecule has 0 fully saturated rings. The number of hydrogen-bond donors (Lipinski definition) is 1. The standard InChI is InChI=1S/C14H11BrClNO/c1-9-3-2-4-13(5-9)17-14(18)10-6-11(15)8-12(16)7-10/h2-8H,1H3,(H,17,18). The lowest BCUT2D eigenvalue weighted by molar-refractivity contribution is 0.102. The molecule has 0 aliphatic heterocycles. The molecule has 2 aromatic rings. The van der Waals surface area contributed by atoms with Crippen LogP contribution < -0.4 is 5.32 Å². The van der Waals surface area contributed by atoms with E-state index in [4.69, 9.17) is 11.6 Å². The highest BCUT2D eigenvalue weighted by molar-refractivity contribution is 9.10. The van der Waals surface area contributed by atoms with Crippen LogP contribution in [-0.2, 0) is 0 Å². The van der Waals surface area contributed by atoms with Crippen molar-refractivity contribution < 1.29 is 4.79 Å². The lowest BCUT2D eigenvalue weighted by atomic mass is 10.2. The minimum absolute atomic E-state index is 0.177. The van der Waals surface area contributed by atoms with Gasteiger partial charge in [0.2, 0.25) is 0 Å². The topological polar surface area (TPSA) is 29.1 Å². The van der Waals surface area contributed by atoms with E-state index in [0.717, 1.165) is 15.7 Å². The van der Waals surface area contributed by atoms with Crippen molar-refractivity contribution in [1.82, 2.24) is 0 Å². The lowest BCUT2D eigenvalue weighted by Crippen LogP contribution is -2.11. The number of halogens is 2. The molecule has 0 unspecified atom stereocenters. The third-order valence-electron chi connectivity index (χ3n) is 2.40. The maximum absolute atomic E-state index is 12.0. The lowest BCUT2D eigenvalue weighted by Gasteiger charge is -2.07. The largest absolute Gasteiger partial charge is 0.322 e. The first-order valence-corrected chi connectivity index (χ1v) is 6.56. The molecule has 2 nitrogen and oxygen atoms in total. The Morgan fingerprint density at radius 3 is 2.67 bits per heavy atom. The molecule has 1 N–H and O–H groups in total. The molecular weight excluding hydrogens is 314 g/mol. The summed E-state index contributed by atoms with van der Waals surface area (Å²) in [6.07, 6.45) is 0. The molecule has 0 aliphatic carbocycles. The Hall–Kier alpha value is -1.32. The molecule has 18 heavy (non-hydrogen) atoms. The van der Waals surface area contributed by atoms with Gasteiger partial charge in [-0.1, -0.05) is 39.7 Å². The zero-order valence-corrected chi connectivity index (χ0v) is 12.0. The number of benzene rings is 2. The first-order valence-electron chi connectivity index (χ1n) is 5.39. The van der Waals surface area contributed by atoms with E-state index in [9.17, 15) is 4.79 Å². The van der Waals surface area contributed by atoms with Gasteiger partial charge in [0.1, 0.15) is 0 Å². The maximum atomic E-state index is 12.0. The van der Waals surface area contributed by atoms with Crippen molar-refractivity contribution in [3.05, 3.63) is 63.1 Å². The van der Waals surface area contributed by atoms with E-state index < -0.39 is 0 Å². The van der Waals surface area contributed by atoms with E-state index >= 15 is 0 Å². The molecule has 0 atom stereocenters. The number of aryl methyl sites for hydroxylation is 1. The van der Waals surface area contributed by atoms with Crippen molar-refractivity contribution in [3.8, 4) is 0 Å². The first-order chi connectivity index (χ1) is 8.54. The third-order valence-corrected chi connectivity index (χ3v) is 3.08. The van der Waals surface area contributed by atoms with Crippen LogP contribution in [-0.4, -0.2) is 5.91 Å². The van der Waals surface area contributed by atoms with E-state index in [1.54, 1.807) is 18.2 Å². The van der Waals surface area contributed by atoms with E-state index in [0.29, 0.717) is 10.6 Å². The van der Waals surface area contributed by atoms with Gasteiger partial charge >= 0.3 is 0 Å². The van der Waals surface area contributed by atoms with Gasteiger partial charge in [0.15, 0.2) is 0 Å². The minimum Gasteiger partial charge on any atom is -0.322 e. The predicted molar refractivity (Wildman–Crippen MR) is 78.3 cm³/mol. The van der Waals surface area contributed by atoms with E-state index in [-0.39, 0.29) is 5.91 Å². The van der Waals surface area contributed by atoms with Crippen LogP contribution in [0.4, 0.5) is 5.69 Å². The Balaban J connectivity index is 2.22. The molecule has 1 amide bonds. The van der Waals surface area contributed by atoms with E-state index in [1.165, 1.54) is 0 Å². The fraction of sp³-hybridized carbons (Fsp3) is 0.0714. The molecule has 92 valence electrons. The number of anilines is 1. The molecule has 0 spiro atoms. The highest BCUT2D eigenvalue weighted by Crippen LogP contribution is 2.20. The Kier molecular flexibility index (Phi) is 4.04.